The molecule has 0 unspecified atom stereocenters. The summed E-state index contributed by atoms with van der Waals surface area (Å²) in [6.45, 7) is 8.16. The average Bonchev–Trinajstić information content (AvgIpc) is 3.23. The Bertz CT molecular complexity index is 492. The number of rotatable bonds is 8. The average molecular weight is 288 g/mol. The third kappa shape index (κ3) is 4.23. The van der Waals surface area contributed by atoms with Crippen molar-refractivity contribution in [1.82, 2.24) is 5.32 Å². The highest BCUT2D eigenvalue weighted by molar-refractivity contribution is 5.96. The van der Waals surface area contributed by atoms with Crippen LogP contribution >= 0.6 is 0 Å². The first kappa shape index (κ1) is 15.9. The van der Waals surface area contributed by atoms with Crippen molar-refractivity contribution in [1.29, 1.82) is 0 Å². The molecule has 0 aromatic heterocycles. The van der Waals surface area contributed by atoms with Gasteiger partial charge in [0.1, 0.15) is 0 Å². The number of aryl methyl sites for hydroxylation is 1. The van der Waals surface area contributed by atoms with Crippen LogP contribution in [0, 0.1) is 12.3 Å². The Labute approximate surface area is 128 Å². The topological polar surface area (TPSA) is 41.1 Å². The standard InChI is InChI=1S/C18H28N2O/c1-4-8-18(9-10-18)13-20-17(21)16-7-6-15(12-14(16)3)19-11-5-2/h6-7,12,19H,4-5,8-11,13H2,1-3H3,(H,20,21). The second kappa shape index (κ2) is 6.97. The molecule has 3 nitrogen and oxygen atoms in total. The highest BCUT2D eigenvalue weighted by Gasteiger charge is 2.41. The third-order valence-electron chi connectivity index (χ3n) is 4.41. The van der Waals surface area contributed by atoms with Crippen molar-refractivity contribution in [2.75, 3.05) is 18.4 Å². The molecule has 21 heavy (non-hydrogen) atoms. The molecule has 1 saturated carbocycles. The van der Waals surface area contributed by atoms with Gasteiger partial charge in [0.2, 0.25) is 0 Å². The number of carbonyl (C=O) groups is 1. The van der Waals surface area contributed by atoms with E-state index >= 15 is 0 Å². The van der Waals surface area contributed by atoms with Gasteiger partial charge in [-0.1, -0.05) is 20.3 Å². The van der Waals surface area contributed by atoms with Crippen LogP contribution in [0.4, 0.5) is 5.69 Å². The molecule has 2 rings (SSSR count). The number of carbonyl (C=O) groups excluding carboxylic acids is 1. The van der Waals surface area contributed by atoms with Crippen LogP contribution in [0.25, 0.3) is 0 Å². The van der Waals surface area contributed by atoms with E-state index in [-0.39, 0.29) is 5.91 Å². The summed E-state index contributed by atoms with van der Waals surface area (Å²) in [5.41, 5.74) is 3.33. The first-order chi connectivity index (χ1) is 10.1. The zero-order valence-electron chi connectivity index (χ0n) is 13.6. The van der Waals surface area contributed by atoms with Crippen molar-refractivity contribution in [2.24, 2.45) is 5.41 Å². The summed E-state index contributed by atoms with van der Waals surface area (Å²) in [7, 11) is 0. The minimum atomic E-state index is 0.0666. The monoisotopic (exact) mass is 288 g/mol. The van der Waals surface area contributed by atoms with E-state index in [0.29, 0.717) is 5.41 Å². The number of hydrogen-bond donors (Lipinski definition) is 2. The van der Waals surface area contributed by atoms with Crippen LogP contribution < -0.4 is 10.6 Å². The highest BCUT2D eigenvalue weighted by atomic mass is 16.1. The van der Waals surface area contributed by atoms with E-state index in [2.05, 4.69) is 30.5 Å². The van der Waals surface area contributed by atoms with Gasteiger partial charge in [-0.05, 0) is 61.8 Å². The van der Waals surface area contributed by atoms with E-state index in [0.717, 1.165) is 36.3 Å². The van der Waals surface area contributed by atoms with Gasteiger partial charge in [0.25, 0.3) is 5.91 Å². The van der Waals surface area contributed by atoms with Gasteiger partial charge >= 0.3 is 0 Å². The smallest absolute Gasteiger partial charge is 0.251 e. The fourth-order valence-electron chi connectivity index (χ4n) is 2.88. The normalized spacial score (nSPS) is 15.6. The SMILES string of the molecule is CCCNc1ccc(C(=O)NCC2(CCC)CC2)c(C)c1. The number of nitrogens with one attached hydrogen (secondary N) is 2. The van der Waals surface area contributed by atoms with Crippen LogP contribution in [0.1, 0.15) is 61.9 Å². The van der Waals surface area contributed by atoms with Crippen LogP contribution in [0.2, 0.25) is 0 Å². The molecule has 0 bridgehead atoms. The second-order valence-corrected chi connectivity index (χ2v) is 6.39. The summed E-state index contributed by atoms with van der Waals surface area (Å²) >= 11 is 0. The molecule has 1 aliphatic rings. The van der Waals surface area contributed by atoms with Crippen molar-refractivity contribution in [3.63, 3.8) is 0 Å². The molecule has 0 heterocycles. The Kier molecular flexibility index (Phi) is 5.27. The van der Waals surface area contributed by atoms with Crippen molar-refractivity contribution in [3.05, 3.63) is 29.3 Å². The molecule has 0 aliphatic heterocycles. The Morgan fingerprint density at radius 1 is 1.24 bits per heavy atom. The molecular formula is C18H28N2O. The van der Waals surface area contributed by atoms with Crippen LogP contribution in [-0.4, -0.2) is 19.0 Å². The number of hydrogen-bond acceptors (Lipinski definition) is 2. The quantitative estimate of drug-likeness (QED) is 0.755. The zero-order chi connectivity index (χ0) is 15.3. The van der Waals surface area contributed by atoms with Gasteiger partial charge in [0.15, 0.2) is 0 Å². The predicted molar refractivity (Wildman–Crippen MR) is 88.9 cm³/mol. The lowest BCUT2D eigenvalue weighted by Gasteiger charge is -2.16. The summed E-state index contributed by atoms with van der Waals surface area (Å²) in [6, 6.07) is 5.99. The fraction of sp³-hybridized carbons (Fsp3) is 0.611. The Hall–Kier alpha value is -1.51. The van der Waals surface area contributed by atoms with Crippen LogP contribution in [0.3, 0.4) is 0 Å². The Morgan fingerprint density at radius 2 is 2.00 bits per heavy atom. The first-order valence-electron chi connectivity index (χ1n) is 8.23. The molecule has 2 N–H and O–H groups in total. The lowest BCUT2D eigenvalue weighted by molar-refractivity contribution is 0.0943. The van der Waals surface area contributed by atoms with Crippen molar-refractivity contribution in [3.8, 4) is 0 Å². The molecule has 0 radical (unpaired) electrons. The van der Waals surface area contributed by atoms with E-state index in [1.165, 1.54) is 25.7 Å². The number of anilines is 1. The van der Waals surface area contributed by atoms with Gasteiger partial charge in [0.05, 0.1) is 0 Å². The maximum atomic E-state index is 12.3. The maximum absolute atomic E-state index is 12.3. The van der Waals surface area contributed by atoms with Crippen LogP contribution in [0.15, 0.2) is 18.2 Å². The lowest BCUT2D eigenvalue weighted by atomic mass is 10.0. The summed E-state index contributed by atoms with van der Waals surface area (Å²) < 4.78 is 0. The lowest BCUT2D eigenvalue weighted by Crippen LogP contribution is -2.30. The Morgan fingerprint density at radius 3 is 2.57 bits per heavy atom. The third-order valence-corrected chi connectivity index (χ3v) is 4.41. The fourth-order valence-corrected chi connectivity index (χ4v) is 2.88. The molecule has 1 amide bonds. The van der Waals surface area contributed by atoms with E-state index in [4.69, 9.17) is 0 Å². The molecule has 1 fully saturated rings. The van der Waals surface area contributed by atoms with Gasteiger partial charge in [0, 0.05) is 24.3 Å². The molecule has 3 heteroatoms. The molecule has 116 valence electrons. The molecule has 1 aliphatic carbocycles. The zero-order valence-corrected chi connectivity index (χ0v) is 13.6. The summed E-state index contributed by atoms with van der Waals surface area (Å²) in [5.74, 6) is 0.0666. The van der Waals surface area contributed by atoms with E-state index in [1.54, 1.807) is 0 Å². The van der Waals surface area contributed by atoms with Crippen LogP contribution in [-0.2, 0) is 0 Å². The number of amides is 1. The summed E-state index contributed by atoms with van der Waals surface area (Å²) in [4.78, 5) is 12.3. The first-order valence-corrected chi connectivity index (χ1v) is 8.23. The van der Waals surface area contributed by atoms with E-state index < -0.39 is 0 Å². The number of benzene rings is 1. The largest absolute Gasteiger partial charge is 0.385 e. The second-order valence-electron chi connectivity index (χ2n) is 6.39. The highest BCUT2D eigenvalue weighted by Crippen LogP contribution is 2.48. The minimum Gasteiger partial charge on any atom is -0.385 e. The summed E-state index contributed by atoms with van der Waals surface area (Å²) in [5, 5.41) is 6.48. The van der Waals surface area contributed by atoms with Gasteiger partial charge in [-0.2, -0.15) is 0 Å². The molecule has 0 saturated heterocycles. The predicted octanol–water partition coefficient (Wildman–Crippen LogP) is 4.13. The van der Waals surface area contributed by atoms with E-state index in [9.17, 15) is 4.79 Å². The maximum Gasteiger partial charge on any atom is 0.251 e. The summed E-state index contributed by atoms with van der Waals surface area (Å²) in [6.07, 6.45) is 6.06. The van der Waals surface area contributed by atoms with Crippen LogP contribution in [0.5, 0.6) is 0 Å². The Balaban J connectivity index is 1.93. The minimum absolute atomic E-state index is 0.0666. The van der Waals surface area contributed by atoms with Gasteiger partial charge in [-0.25, -0.2) is 0 Å². The molecular weight excluding hydrogens is 260 g/mol. The molecule has 1 aromatic carbocycles. The van der Waals surface area contributed by atoms with Crippen molar-refractivity contribution < 1.29 is 4.79 Å². The van der Waals surface area contributed by atoms with Gasteiger partial charge < -0.3 is 10.6 Å². The van der Waals surface area contributed by atoms with Gasteiger partial charge in [-0.3, -0.25) is 4.79 Å². The van der Waals surface area contributed by atoms with E-state index in [1.807, 2.05) is 19.1 Å². The van der Waals surface area contributed by atoms with Crippen molar-refractivity contribution in [2.45, 2.75) is 52.9 Å². The molecule has 0 spiro atoms. The molecule has 1 aromatic rings. The van der Waals surface area contributed by atoms with Crippen molar-refractivity contribution >= 4 is 11.6 Å². The van der Waals surface area contributed by atoms with Gasteiger partial charge in [-0.15, -0.1) is 0 Å². The molecule has 0 atom stereocenters.